The fourth-order valence-electron chi connectivity index (χ4n) is 1.86. The summed E-state index contributed by atoms with van der Waals surface area (Å²) in [5.41, 5.74) is 3.50. The highest BCUT2D eigenvalue weighted by Gasteiger charge is 2.20. The van der Waals surface area contributed by atoms with Crippen molar-refractivity contribution in [1.82, 2.24) is 5.48 Å². The minimum atomic E-state index is -0.266. The Balaban J connectivity index is 2.23. The molecule has 0 fully saturated rings. The molecule has 0 aliphatic heterocycles. The predicted molar refractivity (Wildman–Crippen MR) is 90.9 cm³/mol. The monoisotopic (exact) mass is 336 g/mol. The van der Waals surface area contributed by atoms with Crippen molar-refractivity contribution in [1.29, 1.82) is 5.41 Å². The number of halogens is 1. The Morgan fingerprint density at radius 3 is 2.32 bits per heavy atom. The second kappa shape index (κ2) is 8.08. The van der Waals surface area contributed by atoms with Crippen molar-refractivity contribution in [2.45, 2.75) is 10.1 Å². The van der Waals surface area contributed by atoms with Crippen LogP contribution in [0.3, 0.4) is 0 Å². The zero-order chi connectivity index (χ0) is 15.9. The van der Waals surface area contributed by atoms with Crippen LogP contribution < -0.4 is 10.2 Å². The molecule has 0 saturated carbocycles. The van der Waals surface area contributed by atoms with E-state index in [0.717, 1.165) is 16.2 Å². The summed E-state index contributed by atoms with van der Waals surface area (Å²) < 4.78 is 5.16. The average molecular weight is 337 g/mol. The van der Waals surface area contributed by atoms with Crippen molar-refractivity contribution in [2.75, 3.05) is 14.2 Å². The van der Waals surface area contributed by atoms with Gasteiger partial charge in [0.25, 0.3) is 0 Å². The SMILES string of the molecule is CNOC(=N)C(Sc1ccc(OC)cc1)c1ccc(Cl)cc1. The van der Waals surface area contributed by atoms with Gasteiger partial charge in [-0.05, 0) is 42.0 Å². The molecule has 0 aliphatic rings. The maximum Gasteiger partial charge on any atom is 0.224 e. The molecule has 2 aromatic carbocycles. The molecule has 2 aromatic rings. The number of benzene rings is 2. The van der Waals surface area contributed by atoms with Crippen LogP contribution in [0.4, 0.5) is 0 Å². The third kappa shape index (κ3) is 4.40. The van der Waals surface area contributed by atoms with Gasteiger partial charge in [0.2, 0.25) is 5.90 Å². The molecule has 1 atom stereocenters. The van der Waals surface area contributed by atoms with Gasteiger partial charge < -0.3 is 9.57 Å². The van der Waals surface area contributed by atoms with Crippen molar-refractivity contribution >= 4 is 29.3 Å². The molecule has 22 heavy (non-hydrogen) atoms. The zero-order valence-electron chi connectivity index (χ0n) is 12.3. The van der Waals surface area contributed by atoms with Gasteiger partial charge in [0.05, 0.1) is 7.11 Å². The Bertz CT molecular complexity index is 617. The van der Waals surface area contributed by atoms with Crippen molar-refractivity contribution in [3.05, 3.63) is 59.1 Å². The number of nitrogens with one attached hydrogen (secondary N) is 2. The van der Waals surface area contributed by atoms with Crippen LogP contribution in [-0.4, -0.2) is 20.1 Å². The molecule has 0 saturated heterocycles. The average Bonchev–Trinajstić information content (AvgIpc) is 2.54. The normalized spacial score (nSPS) is 11.8. The van der Waals surface area contributed by atoms with Crippen LogP contribution in [0.15, 0.2) is 53.4 Å². The van der Waals surface area contributed by atoms with Crippen LogP contribution in [0.1, 0.15) is 10.8 Å². The molecule has 0 spiro atoms. The predicted octanol–water partition coefficient (Wildman–Crippen LogP) is 4.31. The number of hydrogen-bond acceptors (Lipinski definition) is 5. The number of thioether (sulfide) groups is 1. The van der Waals surface area contributed by atoms with Gasteiger partial charge in [-0.3, -0.25) is 5.41 Å². The van der Waals surface area contributed by atoms with E-state index in [9.17, 15) is 0 Å². The fraction of sp³-hybridized carbons (Fsp3) is 0.188. The molecular formula is C16H17ClN2O2S. The Labute approximate surface area is 139 Å². The summed E-state index contributed by atoms with van der Waals surface area (Å²) in [5, 5.41) is 8.50. The second-order valence-corrected chi connectivity index (χ2v) is 6.01. The Kier molecular flexibility index (Phi) is 6.12. The largest absolute Gasteiger partial charge is 0.497 e. The van der Waals surface area contributed by atoms with E-state index in [0.29, 0.717) is 5.02 Å². The molecule has 0 bridgehead atoms. The molecule has 2 rings (SSSR count). The van der Waals surface area contributed by atoms with E-state index >= 15 is 0 Å². The van der Waals surface area contributed by atoms with Gasteiger partial charge in [0.15, 0.2) is 0 Å². The number of rotatable bonds is 6. The number of hydroxylamine groups is 1. The highest BCUT2D eigenvalue weighted by atomic mass is 35.5. The molecule has 1 unspecified atom stereocenters. The van der Waals surface area contributed by atoms with E-state index in [4.69, 9.17) is 26.6 Å². The summed E-state index contributed by atoms with van der Waals surface area (Å²) in [6.07, 6.45) is 0. The fourth-order valence-corrected chi connectivity index (χ4v) is 3.00. The van der Waals surface area contributed by atoms with Gasteiger partial charge in [-0.1, -0.05) is 23.7 Å². The summed E-state index contributed by atoms with van der Waals surface area (Å²) in [7, 11) is 3.26. The lowest BCUT2D eigenvalue weighted by Crippen LogP contribution is -2.19. The van der Waals surface area contributed by atoms with Crippen molar-refractivity contribution in [3.8, 4) is 5.75 Å². The van der Waals surface area contributed by atoms with Crippen LogP contribution in [0.2, 0.25) is 5.02 Å². The smallest absolute Gasteiger partial charge is 0.224 e. The zero-order valence-corrected chi connectivity index (χ0v) is 13.9. The second-order valence-electron chi connectivity index (χ2n) is 4.40. The van der Waals surface area contributed by atoms with E-state index < -0.39 is 0 Å². The first-order chi connectivity index (χ1) is 10.6. The van der Waals surface area contributed by atoms with Crippen LogP contribution in [0.5, 0.6) is 5.75 Å². The first-order valence-corrected chi connectivity index (χ1v) is 7.88. The molecule has 0 heterocycles. The summed E-state index contributed by atoms with van der Waals surface area (Å²) in [6, 6.07) is 15.1. The summed E-state index contributed by atoms with van der Waals surface area (Å²) >= 11 is 7.46. The first-order valence-electron chi connectivity index (χ1n) is 6.62. The lowest BCUT2D eigenvalue weighted by molar-refractivity contribution is 0.201. The highest BCUT2D eigenvalue weighted by molar-refractivity contribution is 8.00. The lowest BCUT2D eigenvalue weighted by Gasteiger charge is -2.18. The minimum Gasteiger partial charge on any atom is -0.497 e. The quantitative estimate of drug-likeness (QED) is 0.357. The Morgan fingerprint density at radius 1 is 1.14 bits per heavy atom. The first kappa shape index (κ1) is 16.7. The van der Waals surface area contributed by atoms with Gasteiger partial charge in [-0.2, -0.15) is 5.48 Å². The van der Waals surface area contributed by atoms with Gasteiger partial charge >= 0.3 is 0 Å². The van der Waals surface area contributed by atoms with E-state index in [1.54, 1.807) is 14.2 Å². The molecule has 0 radical (unpaired) electrons. The third-order valence-electron chi connectivity index (χ3n) is 2.94. The number of hydrogen-bond donors (Lipinski definition) is 2. The number of methoxy groups -OCH3 is 1. The molecular weight excluding hydrogens is 320 g/mol. The Morgan fingerprint density at radius 2 is 1.77 bits per heavy atom. The van der Waals surface area contributed by atoms with Crippen molar-refractivity contribution in [3.63, 3.8) is 0 Å². The molecule has 0 aliphatic carbocycles. The van der Waals surface area contributed by atoms with Crippen LogP contribution >= 0.6 is 23.4 Å². The molecule has 6 heteroatoms. The van der Waals surface area contributed by atoms with Gasteiger partial charge in [-0.25, -0.2) is 0 Å². The van der Waals surface area contributed by atoms with Crippen LogP contribution in [-0.2, 0) is 4.84 Å². The Hall–Kier alpha value is -1.69. The highest BCUT2D eigenvalue weighted by Crippen LogP contribution is 2.37. The van der Waals surface area contributed by atoms with E-state index in [1.807, 2.05) is 48.5 Å². The summed E-state index contributed by atoms with van der Waals surface area (Å²) in [4.78, 5) is 6.18. The van der Waals surface area contributed by atoms with E-state index in [-0.39, 0.29) is 11.1 Å². The van der Waals surface area contributed by atoms with Crippen LogP contribution in [0.25, 0.3) is 0 Å². The molecule has 4 nitrogen and oxygen atoms in total. The standard InChI is InChI=1S/C16H17ClN2O2S/c1-19-21-16(18)15(11-3-5-12(17)6-4-11)22-14-9-7-13(20-2)8-10-14/h3-10,15,18-19H,1-2H3. The van der Waals surface area contributed by atoms with Crippen molar-refractivity contribution < 1.29 is 9.57 Å². The van der Waals surface area contributed by atoms with E-state index in [1.165, 1.54) is 11.8 Å². The van der Waals surface area contributed by atoms with Gasteiger partial charge in [-0.15, -0.1) is 11.8 Å². The number of ether oxygens (including phenoxy) is 1. The summed E-state index contributed by atoms with van der Waals surface area (Å²) in [5.74, 6) is 0.930. The maximum atomic E-state index is 8.10. The summed E-state index contributed by atoms with van der Waals surface area (Å²) in [6.45, 7) is 0. The van der Waals surface area contributed by atoms with Crippen molar-refractivity contribution in [2.24, 2.45) is 0 Å². The van der Waals surface area contributed by atoms with Gasteiger partial charge in [0, 0.05) is 17.0 Å². The molecule has 0 amide bonds. The lowest BCUT2D eigenvalue weighted by atomic mass is 10.1. The van der Waals surface area contributed by atoms with Gasteiger partial charge in [0.1, 0.15) is 11.0 Å². The maximum absolute atomic E-state index is 8.10. The molecule has 2 N–H and O–H groups in total. The topological polar surface area (TPSA) is 54.3 Å². The van der Waals surface area contributed by atoms with Crippen LogP contribution in [0, 0.1) is 5.41 Å². The molecule has 116 valence electrons. The molecule has 0 aromatic heterocycles. The van der Waals surface area contributed by atoms with E-state index in [2.05, 4.69) is 5.48 Å². The minimum absolute atomic E-state index is 0.130. The third-order valence-corrected chi connectivity index (χ3v) is 4.45.